The smallest absolute Gasteiger partial charge is 0.127 e. The van der Waals surface area contributed by atoms with Crippen LogP contribution in [0.25, 0.3) is 0 Å². The second-order valence-corrected chi connectivity index (χ2v) is 4.43. The van der Waals surface area contributed by atoms with Crippen LogP contribution < -0.4 is 5.32 Å². The van der Waals surface area contributed by atoms with Crippen LogP contribution in [0.1, 0.15) is 44.7 Å². The van der Waals surface area contributed by atoms with Crippen LogP contribution in [-0.4, -0.2) is 17.8 Å². The quantitative estimate of drug-likeness (QED) is 0.717. The lowest BCUT2D eigenvalue weighted by Crippen LogP contribution is -2.23. The predicted octanol–water partition coefficient (Wildman–Crippen LogP) is 3.03. The van der Waals surface area contributed by atoms with Crippen LogP contribution in [0.5, 0.6) is 0 Å². The summed E-state index contributed by atoms with van der Waals surface area (Å²) in [5.41, 5.74) is 0.729. The van der Waals surface area contributed by atoms with Gasteiger partial charge in [-0.25, -0.2) is 4.39 Å². The Morgan fingerprint density at radius 2 is 2.06 bits per heavy atom. The number of aliphatic hydroxyl groups excluding tert-OH is 1. The molecule has 0 spiro atoms. The van der Waals surface area contributed by atoms with E-state index in [4.69, 9.17) is 5.11 Å². The summed E-state index contributed by atoms with van der Waals surface area (Å²) in [6.45, 7) is 4.63. The molecule has 0 saturated carbocycles. The largest absolute Gasteiger partial charge is 0.393 e. The molecule has 2 atom stereocenters. The number of benzene rings is 1. The predicted molar refractivity (Wildman–Crippen MR) is 68.3 cm³/mol. The summed E-state index contributed by atoms with van der Waals surface area (Å²) in [7, 11) is 0. The van der Waals surface area contributed by atoms with Gasteiger partial charge in [0.2, 0.25) is 0 Å². The highest BCUT2D eigenvalue weighted by atomic mass is 19.1. The lowest BCUT2D eigenvalue weighted by atomic mass is 10.0. The third-order valence-electron chi connectivity index (χ3n) is 2.88. The zero-order valence-electron chi connectivity index (χ0n) is 10.6. The molecule has 96 valence electrons. The SMILES string of the molecule is CCC(NCCCC(C)O)c1ccccc1F. The molecule has 0 aliphatic carbocycles. The Hall–Kier alpha value is -0.930. The first-order chi connectivity index (χ1) is 8.15. The van der Waals surface area contributed by atoms with Crippen molar-refractivity contribution in [3.63, 3.8) is 0 Å². The molecule has 0 aliphatic heterocycles. The van der Waals surface area contributed by atoms with Gasteiger partial charge in [-0.2, -0.15) is 0 Å². The topological polar surface area (TPSA) is 32.3 Å². The molecule has 0 aromatic heterocycles. The van der Waals surface area contributed by atoms with Gasteiger partial charge in [-0.3, -0.25) is 0 Å². The highest BCUT2D eigenvalue weighted by Gasteiger charge is 2.12. The molecule has 0 bridgehead atoms. The Kier molecular flexibility index (Phi) is 6.16. The monoisotopic (exact) mass is 239 g/mol. The molecule has 17 heavy (non-hydrogen) atoms. The van der Waals surface area contributed by atoms with Crippen LogP contribution in [-0.2, 0) is 0 Å². The Morgan fingerprint density at radius 1 is 1.35 bits per heavy atom. The van der Waals surface area contributed by atoms with Crippen molar-refractivity contribution in [2.24, 2.45) is 0 Å². The van der Waals surface area contributed by atoms with Gasteiger partial charge >= 0.3 is 0 Å². The molecule has 2 N–H and O–H groups in total. The van der Waals surface area contributed by atoms with Crippen LogP contribution in [0.15, 0.2) is 24.3 Å². The third kappa shape index (κ3) is 4.84. The molecule has 2 nitrogen and oxygen atoms in total. The molecular formula is C14H22FNO. The second-order valence-electron chi connectivity index (χ2n) is 4.43. The van der Waals surface area contributed by atoms with Gasteiger partial charge in [0.05, 0.1) is 6.10 Å². The van der Waals surface area contributed by atoms with Crippen molar-refractivity contribution in [1.82, 2.24) is 5.32 Å². The van der Waals surface area contributed by atoms with E-state index in [0.29, 0.717) is 0 Å². The first-order valence-electron chi connectivity index (χ1n) is 6.31. The zero-order chi connectivity index (χ0) is 12.7. The van der Waals surface area contributed by atoms with Gasteiger partial charge in [-0.15, -0.1) is 0 Å². The lowest BCUT2D eigenvalue weighted by Gasteiger charge is -2.18. The van der Waals surface area contributed by atoms with Gasteiger partial charge < -0.3 is 10.4 Å². The van der Waals surface area contributed by atoms with E-state index in [0.717, 1.165) is 31.4 Å². The zero-order valence-corrected chi connectivity index (χ0v) is 10.6. The fourth-order valence-corrected chi connectivity index (χ4v) is 1.91. The fraction of sp³-hybridized carbons (Fsp3) is 0.571. The average Bonchev–Trinajstić information content (AvgIpc) is 2.30. The van der Waals surface area contributed by atoms with E-state index < -0.39 is 0 Å². The number of hydrogen-bond acceptors (Lipinski definition) is 2. The molecule has 0 radical (unpaired) electrons. The van der Waals surface area contributed by atoms with E-state index in [-0.39, 0.29) is 18.0 Å². The summed E-state index contributed by atoms with van der Waals surface area (Å²) in [6.07, 6.45) is 2.28. The van der Waals surface area contributed by atoms with Gasteiger partial charge in [0.1, 0.15) is 5.82 Å². The number of aliphatic hydroxyl groups is 1. The molecule has 0 aliphatic rings. The standard InChI is InChI=1S/C14H22FNO/c1-3-14(16-10-6-7-11(2)17)12-8-4-5-9-13(12)15/h4-5,8-9,11,14,16-17H,3,6-7,10H2,1-2H3. The number of hydrogen-bond donors (Lipinski definition) is 2. The third-order valence-corrected chi connectivity index (χ3v) is 2.88. The molecule has 1 rings (SSSR count). The van der Waals surface area contributed by atoms with E-state index in [1.807, 2.05) is 19.1 Å². The summed E-state index contributed by atoms with van der Waals surface area (Å²) in [5.74, 6) is -0.151. The van der Waals surface area contributed by atoms with Crippen LogP contribution in [0.4, 0.5) is 4.39 Å². The summed E-state index contributed by atoms with van der Waals surface area (Å²) in [6, 6.07) is 6.95. The summed E-state index contributed by atoms with van der Waals surface area (Å²) >= 11 is 0. The number of rotatable bonds is 7. The van der Waals surface area contributed by atoms with Gasteiger partial charge in [0.15, 0.2) is 0 Å². The minimum atomic E-state index is -0.259. The average molecular weight is 239 g/mol. The van der Waals surface area contributed by atoms with Crippen LogP contribution in [0.2, 0.25) is 0 Å². The minimum Gasteiger partial charge on any atom is -0.393 e. The fourth-order valence-electron chi connectivity index (χ4n) is 1.91. The first-order valence-corrected chi connectivity index (χ1v) is 6.31. The maximum Gasteiger partial charge on any atom is 0.127 e. The summed E-state index contributed by atoms with van der Waals surface area (Å²) in [5, 5.41) is 12.5. The molecule has 2 unspecified atom stereocenters. The van der Waals surface area contributed by atoms with Gasteiger partial charge in [0.25, 0.3) is 0 Å². The molecule has 0 amide bonds. The van der Waals surface area contributed by atoms with Crippen molar-refractivity contribution < 1.29 is 9.50 Å². The highest BCUT2D eigenvalue weighted by Crippen LogP contribution is 2.19. The van der Waals surface area contributed by atoms with Crippen LogP contribution in [0.3, 0.4) is 0 Å². The van der Waals surface area contributed by atoms with Crippen molar-refractivity contribution >= 4 is 0 Å². The van der Waals surface area contributed by atoms with E-state index >= 15 is 0 Å². The van der Waals surface area contributed by atoms with Crippen molar-refractivity contribution in [3.8, 4) is 0 Å². The molecule has 0 fully saturated rings. The van der Waals surface area contributed by atoms with Crippen molar-refractivity contribution in [3.05, 3.63) is 35.6 Å². The molecular weight excluding hydrogens is 217 g/mol. The van der Waals surface area contributed by atoms with Gasteiger partial charge in [-0.05, 0) is 38.8 Å². The molecule has 0 heterocycles. The first kappa shape index (κ1) is 14.1. The van der Waals surface area contributed by atoms with E-state index in [1.165, 1.54) is 6.07 Å². The number of halogens is 1. The number of nitrogens with one attached hydrogen (secondary N) is 1. The Balaban J connectivity index is 2.46. The van der Waals surface area contributed by atoms with Gasteiger partial charge in [-0.1, -0.05) is 25.1 Å². The van der Waals surface area contributed by atoms with Gasteiger partial charge in [0, 0.05) is 11.6 Å². The van der Waals surface area contributed by atoms with E-state index in [2.05, 4.69) is 5.32 Å². The van der Waals surface area contributed by atoms with Crippen molar-refractivity contribution in [1.29, 1.82) is 0 Å². The summed E-state index contributed by atoms with van der Waals surface area (Å²) in [4.78, 5) is 0. The highest BCUT2D eigenvalue weighted by molar-refractivity contribution is 5.20. The van der Waals surface area contributed by atoms with Crippen molar-refractivity contribution in [2.45, 2.75) is 45.3 Å². The minimum absolute atomic E-state index is 0.0604. The maximum absolute atomic E-state index is 13.6. The molecule has 1 aromatic rings. The second kappa shape index (κ2) is 7.41. The van der Waals surface area contributed by atoms with Crippen molar-refractivity contribution in [2.75, 3.05) is 6.54 Å². The Labute approximate surface area is 103 Å². The van der Waals surface area contributed by atoms with E-state index in [9.17, 15) is 4.39 Å². The lowest BCUT2D eigenvalue weighted by molar-refractivity contribution is 0.181. The Bertz CT molecular complexity index is 328. The molecule has 1 aromatic carbocycles. The summed E-state index contributed by atoms with van der Waals surface area (Å²) < 4.78 is 13.6. The van der Waals surface area contributed by atoms with Crippen LogP contribution >= 0.6 is 0 Å². The Morgan fingerprint density at radius 3 is 2.65 bits per heavy atom. The molecule has 3 heteroatoms. The normalized spacial score (nSPS) is 14.6. The molecule has 0 saturated heterocycles. The maximum atomic E-state index is 13.6. The van der Waals surface area contributed by atoms with Crippen LogP contribution in [0, 0.1) is 5.82 Å². The van der Waals surface area contributed by atoms with E-state index in [1.54, 1.807) is 13.0 Å².